The summed E-state index contributed by atoms with van der Waals surface area (Å²) >= 11 is 0. The molecule has 0 atom stereocenters. The molecule has 73 heavy (non-hydrogen) atoms. The van der Waals surface area contributed by atoms with Gasteiger partial charge in [-0.3, -0.25) is 0 Å². The van der Waals surface area contributed by atoms with Crippen molar-refractivity contribution in [3.8, 4) is 0 Å². The fourth-order valence-electron chi connectivity index (χ4n) is 11.5. The third-order valence-corrected chi connectivity index (χ3v) is 16.2. The molecule has 8 aromatic rings. The number of rotatable bonds is 21. The molecule has 0 fully saturated rings. The molecule has 0 aliphatic heterocycles. The maximum atomic E-state index is 2.45. The second kappa shape index (κ2) is 30.8. The maximum Gasteiger partial charge on any atom is 0.108 e. The minimum atomic E-state index is -1.22. The number of hydrogen-bond acceptors (Lipinski definition) is 0. The third-order valence-electron chi connectivity index (χ3n) is 16.2. The molecular weight excluding hydrogens is 878 g/mol. The summed E-state index contributed by atoms with van der Waals surface area (Å²) in [7, 11) is 2.45. The van der Waals surface area contributed by atoms with Crippen LogP contribution < -0.4 is 43.7 Å². The number of hydrogen-bond donors (Lipinski definition) is 0. The minimum absolute atomic E-state index is 1.22. The Hall–Kier alpha value is -6.19. The summed E-state index contributed by atoms with van der Waals surface area (Å²) in [6, 6.07) is 87.1. The summed E-state index contributed by atoms with van der Waals surface area (Å²) in [5.74, 6) is 0. The van der Waals surface area contributed by atoms with Gasteiger partial charge in [-0.2, -0.15) is 43.7 Å². The fraction of sp³-hybridized carbons (Fsp3) is 0.304. The summed E-state index contributed by atoms with van der Waals surface area (Å²) < 4.78 is 2.59. The molecule has 0 amide bonds. The lowest BCUT2D eigenvalue weighted by atomic mass is 9.13. The van der Waals surface area contributed by atoms with Crippen LogP contribution in [0.15, 0.2) is 243 Å². The fourth-order valence-corrected chi connectivity index (χ4v) is 11.5. The average molecular weight is 969 g/mol. The molecule has 382 valence electrons. The van der Waals surface area contributed by atoms with Gasteiger partial charge in [-0.25, -0.2) is 0 Å². The van der Waals surface area contributed by atoms with E-state index in [2.05, 4.69) is 298 Å². The third kappa shape index (κ3) is 15.2. The van der Waals surface area contributed by atoms with E-state index < -0.39 is 12.3 Å². The van der Waals surface area contributed by atoms with Gasteiger partial charge in [-0.15, -0.1) is 0 Å². The van der Waals surface area contributed by atoms with Crippen molar-refractivity contribution >= 4 is 56.0 Å². The van der Waals surface area contributed by atoms with Crippen molar-refractivity contribution in [3.05, 3.63) is 243 Å². The van der Waals surface area contributed by atoms with Gasteiger partial charge in [0.05, 0.1) is 52.9 Å². The molecule has 0 spiro atoms. The first kappa shape index (κ1) is 57.7. The quantitative estimate of drug-likeness (QED) is 0.0497. The van der Waals surface area contributed by atoms with E-state index in [1.807, 2.05) is 0 Å². The van der Waals surface area contributed by atoms with Crippen LogP contribution in [0.2, 0.25) is 0 Å². The second-order valence-corrected chi connectivity index (χ2v) is 20.5. The van der Waals surface area contributed by atoms with E-state index in [1.165, 1.54) is 137 Å². The zero-order chi connectivity index (χ0) is 52.1. The molecule has 0 N–H and O–H groups in total. The van der Waals surface area contributed by atoms with E-state index in [4.69, 9.17) is 0 Å². The molecule has 8 rings (SSSR count). The summed E-state index contributed by atoms with van der Waals surface area (Å²) in [5.41, 5.74) is 10.7. The molecule has 0 saturated heterocycles. The number of quaternary nitrogens is 2. The maximum absolute atomic E-state index is 2.45. The molecule has 0 bridgehead atoms. The highest BCUT2D eigenvalue weighted by Crippen LogP contribution is 2.13. The first-order valence-electron chi connectivity index (χ1n) is 28.2. The van der Waals surface area contributed by atoms with E-state index >= 15 is 0 Å². The molecule has 0 radical (unpaired) electrons. The van der Waals surface area contributed by atoms with E-state index in [-0.39, 0.29) is 0 Å². The molecule has 0 saturated carbocycles. The minimum Gasteiger partial charge on any atom is -0.326 e. The monoisotopic (exact) mass is 969 g/mol. The first-order valence-corrected chi connectivity index (χ1v) is 28.2. The van der Waals surface area contributed by atoms with Gasteiger partial charge in [-0.05, 0) is 47.0 Å². The summed E-state index contributed by atoms with van der Waals surface area (Å²) in [4.78, 5) is 0. The summed E-state index contributed by atoms with van der Waals surface area (Å²) in [5, 5.41) is 0. The zero-order valence-electron chi connectivity index (χ0n) is 46.3. The van der Waals surface area contributed by atoms with Crippen LogP contribution in [-0.2, 0) is 0 Å². The van der Waals surface area contributed by atoms with E-state index in [0.717, 1.165) is 0 Å². The van der Waals surface area contributed by atoms with Crippen LogP contribution in [-0.4, -0.2) is 74.1 Å². The van der Waals surface area contributed by atoms with Gasteiger partial charge in [0, 0.05) is 0 Å². The molecule has 0 aliphatic rings. The van der Waals surface area contributed by atoms with Gasteiger partial charge in [0.1, 0.15) is 12.3 Å². The van der Waals surface area contributed by atoms with Gasteiger partial charge >= 0.3 is 0 Å². The Labute approximate surface area is 445 Å². The standard InChI is InChI=1S/2C24H20B.C13H30N.C8H20N/c2*1-5-13-21(14-6-1)25(22-15-7-2-8-16-22,23-17-9-3-10-18-23)24-19-11-4-12-20-24;1-5-8-11-14(4,12-9-6-2)13-10-7-3;1-5-9(6-2,7-3)8-4/h2*1-20H;5-13H2,1-4H3;5-8H2,1-4H3/q2*-1;2*+1. The van der Waals surface area contributed by atoms with Gasteiger partial charge in [-0.1, -0.05) is 283 Å². The Balaban J connectivity index is 0.000000194. The van der Waals surface area contributed by atoms with Crippen molar-refractivity contribution in [3.63, 3.8) is 0 Å². The summed E-state index contributed by atoms with van der Waals surface area (Å²) in [6.45, 7) is 25.3. The van der Waals surface area contributed by atoms with Crippen molar-refractivity contribution in [2.75, 3.05) is 52.9 Å². The highest BCUT2D eigenvalue weighted by molar-refractivity contribution is 7.20. The van der Waals surface area contributed by atoms with Crippen molar-refractivity contribution in [2.24, 2.45) is 0 Å². The highest BCUT2D eigenvalue weighted by Gasteiger charge is 2.32. The van der Waals surface area contributed by atoms with E-state index in [0.29, 0.717) is 0 Å². The highest BCUT2D eigenvalue weighted by atomic mass is 15.3. The Bertz CT molecular complexity index is 2080. The lowest BCUT2D eigenvalue weighted by Gasteiger charge is -2.44. The topological polar surface area (TPSA) is 0 Å². The van der Waals surface area contributed by atoms with Gasteiger partial charge in [0.15, 0.2) is 0 Å². The first-order chi connectivity index (χ1) is 35.8. The van der Waals surface area contributed by atoms with Crippen LogP contribution in [0.4, 0.5) is 0 Å². The van der Waals surface area contributed by atoms with Crippen LogP contribution in [0.25, 0.3) is 0 Å². The van der Waals surface area contributed by atoms with Crippen molar-refractivity contribution in [1.29, 1.82) is 0 Å². The Kier molecular flexibility index (Phi) is 24.3. The Morgan fingerprint density at radius 3 is 0.507 bits per heavy atom. The molecule has 0 aliphatic carbocycles. The largest absolute Gasteiger partial charge is 0.326 e. The van der Waals surface area contributed by atoms with Crippen molar-refractivity contribution in [2.45, 2.75) is 87.0 Å². The molecule has 2 nitrogen and oxygen atoms in total. The normalized spacial score (nSPS) is 11.5. The molecule has 8 aromatic carbocycles. The second-order valence-electron chi connectivity index (χ2n) is 20.5. The van der Waals surface area contributed by atoms with Gasteiger partial charge in [0.25, 0.3) is 0 Å². The average Bonchev–Trinajstić information content (AvgIpc) is 3.48. The SMILES string of the molecule is CCCC[N+](C)(CCCC)CCCC.CC[N+](CC)(CC)CC.c1ccc([B-](c2ccccc2)(c2ccccc2)c2ccccc2)cc1.c1ccc([B-](c2ccccc2)(c2ccccc2)c2ccccc2)cc1. The molecule has 4 heteroatoms. The van der Waals surface area contributed by atoms with Crippen LogP contribution in [0.5, 0.6) is 0 Å². The molecule has 0 unspecified atom stereocenters. The van der Waals surface area contributed by atoms with Crippen LogP contribution in [0.1, 0.15) is 87.0 Å². The van der Waals surface area contributed by atoms with Crippen LogP contribution >= 0.6 is 0 Å². The molecule has 0 heterocycles. The van der Waals surface area contributed by atoms with Crippen LogP contribution in [0, 0.1) is 0 Å². The smallest absolute Gasteiger partial charge is 0.108 e. The predicted molar refractivity (Wildman–Crippen MR) is 328 cm³/mol. The van der Waals surface area contributed by atoms with Gasteiger partial charge < -0.3 is 8.97 Å². The number of benzene rings is 8. The zero-order valence-corrected chi connectivity index (χ0v) is 46.3. The lowest BCUT2D eigenvalue weighted by molar-refractivity contribution is -0.921. The van der Waals surface area contributed by atoms with E-state index in [1.54, 1.807) is 0 Å². The lowest BCUT2D eigenvalue weighted by Crippen LogP contribution is -2.74. The Morgan fingerprint density at radius 1 is 0.247 bits per heavy atom. The molecule has 0 aromatic heterocycles. The summed E-state index contributed by atoms with van der Waals surface area (Å²) in [6.07, 6.45) is 5.77. The van der Waals surface area contributed by atoms with Crippen LogP contribution in [0.3, 0.4) is 0 Å². The molecular formula is C69H90B2N2. The van der Waals surface area contributed by atoms with Crippen molar-refractivity contribution in [1.82, 2.24) is 0 Å². The van der Waals surface area contributed by atoms with Crippen molar-refractivity contribution < 1.29 is 8.97 Å². The Morgan fingerprint density at radius 2 is 0.397 bits per heavy atom. The predicted octanol–water partition coefficient (Wildman–Crippen LogP) is 11.8. The van der Waals surface area contributed by atoms with E-state index in [9.17, 15) is 0 Å². The van der Waals surface area contributed by atoms with Gasteiger partial charge in [0.2, 0.25) is 0 Å². The number of nitrogens with zero attached hydrogens (tertiary/aromatic N) is 2. The number of unbranched alkanes of at least 4 members (excludes halogenated alkanes) is 3.